The lowest BCUT2D eigenvalue weighted by atomic mass is 10.1. The maximum Gasteiger partial charge on any atom is 0.253 e. The number of aromatic nitrogens is 1. The molecule has 1 amide bonds. The van der Waals surface area contributed by atoms with Gasteiger partial charge in [-0.05, 0) is 11.6 Å². The molecule has 0 aliphatic rings. The minimum atomic E-state index is -0.543. The van der Waals surface area contributed by atoms with Gasteiger partial charge in [-0.2, -0.15) is 0 Å². The monoisotopic (exact) mass is 278 g/mol. The van der Waals surface area contributed by atoms with E-state index in [9.17, 15) is 9.18 Å². The third-order valence-corrected chi connectivity index (χ3v) is 2.98. The molecule has 0 spiro atoms. The predicted molar refractivity (Wildman–Crippen MR) is 71.6 cm³/mol. The first-order valence-electron chi connectivity index (χ1n) is 5.74. The van der Waals surface area contributed by atoms with Crippen LogP contribution in [0.4, 0.5) is 4.39 Å². The number of nitrogens with zero attached hydrogens (tertiary/aromatic N) is 1. The summed E-state index contributed by atoms with van der Waals surface area (Å²) in [4.78, 5) is 15.4. The van der Waals surface area contributed by atoms with Crippen molar-refractivity contribution in [3.8, 4) is 0 Å². The van der Waals surface area contributed by atoms with E-state index in [0.29, 0.717) is 0 Å². The number of pyridine rings is 1. The van der Waals surface area contributed by atoms with Gasteiger partial charge < -0.3 is 5.32 Å². The number of benzene rings is 1. The Balaban J connectivity index is 1.94. The van der Waals surface area contributed by atoms with Gasteiger partial charge in [-0.3, -0.25) is 9.78 Å². The Bertz CT molecular complexity index is 562. The molecule has 1 unspecified atom stereocenters. The molecule has 0 aliphatic carbocycles. The van der Waals surface area contributed by atoms with Gasteiger partial charge in [-0.1, -0.05) is 30.3 Å². The normalized spacial score (nSPS) is 11.9. The van der Waals surface area contributed by atoms with E-state index in [1.165, 1.54) is 6.20 Å². The molecule has 2 aromatic rings. The Kier molecular flexibility index (Phi) is 4.47. The number of carbonyl (C=O) groups is 1. The second-order valence-electron chi connectivity index (χ2n) is 3.98. The first-order chi connectivity index (χ1) is 9.16. The second kappa shape index (κ2) is 6.29. The van der Waals surface area contributed by atoms with E-state index in [4.69, 9.17) is 11.6 Å². The summed E-state index contributed by atoms with van der Waals surface area (Å²) < 4.78 is 12.9. The maximum absolute atomic E-state index is 12.9. The number of carbonyl (C=O) groups excluding carboxylic acids is 1. The SMILES string of the molecule is O=C(NCC(Cl)c1ccccc1)c1cncc(F)c1. The van der Waals surface area contributed by atoms with Crippen LogP contribution in [0.2, 0.25) is 0 Å². The molecule has 1 atom stereocenters. The average Bonchev–Trinajstić information content (AvgIpc) is 2.45. The van der Waals surface area contributed by atoms with Gasteiger partial charge in [0.1, 0.15) is 5.82 Å². The first kappa shape index (κ1) is 13.5. The van der Waals surface area contributed by atoms with Crippen molar-refractivity contribution in [3.05, 3.63) is 65.7 Å². The van der Waals surface area contributed by atoms with E-state index < -0.39 is 11.7 Å². The Morgan fingerprint density at radius 1 is 1.32 bits per heavy atom. The number of hydrogen-bond acceptors (Lipinski definition) is 2. The molecule has 0 aliphatic heterocycles. The summed E-state index contributed by atoms with van der Waals surface area (Å²) in [5, 5.41) is 2.32. The van der Waals surface area contributed by atoms with Gasteiger partial charge in [0.05, 0.1) is 17.1 Å². The van der Waals surface area contributed by atoms with Crippen LogP contribution in [0.3, 0.4) is 0 Å². The Morgan fingerprint density at radius 2 is 2.05 bits per heavy atom. The van der Waals surface area contributed by atoms with E-state index in [2.05, 4.69) is 10.3 Å². The fourth-order valence-corrected chi connectivity index (χ4v) is 1.82. The van der Waals surface area contributed by atoms with Crippen LogP contribution in [0.15, 0.2) is 48.8 Å². The van der Waals surface area contributed by atoms with Crippen LogP contribution in [0.25, 0.3) is 0 Å². The van der Waals surface area contributed by atoms with Crippen LogP contribution in [0.5, 0.6) is 0 Å². The smallest absolute Gasteiger partial charge is 0.253 e. The van der Waals surface area contributed by atoms with Gasteiger partial charge in [-0.25, -0.2) is 4.39 Å². The zero-order valence-electron chi connectivity index (χ0n) is 10.0. The topological polar surface area (TPSA) is 42.0 Å². The predicted octanol–water partition coefficient (Wildman–Crippen LogP) is 2.93. The molecule has 0 saturated heterocycles. The molecule has 0 radical (unpaired) electrons. The highest BCUT2D eigenvalue weighted by Crippen LogP contribution is 2.18. The molecule has 19 heavy (non-hydrogen) atoms. The highest BCUT2D eigenvalue weighted by molar-refractivity contribution is 6.21. The van der Waals surface area contributed by atoms with Crippen LogP contribution in [-0.4, -0.2) is 17.4 Å². The van der Waals surface area contributed by atoms with Crippen molar-refractivity contribution in [1.29, 1.82) is 0 Å². The number of hydrogen-bond donors (Lipinski definition) is 1. The Labute approximate surface area is 115 Å². The summed E-state index contributed by atoms with van der Waals surface area (Å²) >= 11 is 6.16. The summed E-state index contributed by atoms with van der Waals surface area (Å²) in [5.41, 5.74) is 1.10. The van der Waals surface area contributed by atoms with Gasteiger partial charge in [0, 0.05) is 12.7 Å². The minimum absolute atomic E-state index is 0.178. The molecule has 0 bridgehead atoms. The highest BCUT2D eigenvalue weighted by atomic mass is 35.5. The lowest BCUT2D eigenvalue weighted by molar-refractivity contribution is 0.0952. The third-order valence-electron chi connectivity index (χ3n) is 2.57. The lowest BCUT2D eigenvalue weighted by Crippen LogP contribution is -2.27. The van der Waals surface area contributed by atoms with Crippen molar-refractivity contribution in [2.45, 2.75) is 5.38 Å². The number of rotatable bonds is 4. The van der Waals surface area contributed by atoms with Crippen molar-refractivity contribution in [3.63, 3.8) is 0 Å². The van der Waals surface area contributed by atoms with E-state index in [1.54, 1.807) is 0 Å². The zero-order valence-corrected chi connectivity index (χ0v) is 10.8. The van der Waals surface area contributed by atoms with Crippen molar-refractivity contribution >= 4 is 17.5 Å². The van der Waals surface area contributed by atoms with Crippen LogP contribution in [0.1, 0.15) is 21.3 Å². The van der Waals surface area contributed by atoms with Crippen LogP contribution in [0, 0.1) is 5.82 Å². The fraction of sp³-hybridized carbons (Fsp3) is 0.143. The van der Waals surface area contributed by atoms with E-state index in [0.717, 1.165) is 17.8 Å². The molecule has 0 saturated carbocycles. The molecule has 0 fully saturated rings. The van der Waals surface area contributed by atoms with Gasteiger partial charge in [0.15, 0.2) is 0 Å². The van der Waals surface area contributed by atoms with E-state index in [1.807, 2.05) is 30.3 Å². The summed E-state index contributed by atoms with van der Waals surface area (Å²) in [5.74, 6) is -0.938. The number of amides is 1. The molecule has 5 heteroatoms. The first-order valence-corrected chi connectivity index (χ1v) is 6.18. The van der Waals surface area contributed by atoms with Crippen LogP contribution >= 0.6 is 11.6 Å². The summed E-state index contributed by atoms with van der Waals surface area (Å²) in [6, 6.07) is 10.5. The molecular weight excluding hydrogens is 267 g/mol. The van der Waals surface area contributed by atoms with Gasteiger partial charge in [0.2, 0.25) is 0 Å². The molecule has 2 rings (SSSR count). The zero-order chi connectivity index (χ0) is 13.7. The van der Waals surface area contributed by atoms with Crippen LogP contribution in [-0.2, 0) is 0 Å². The summed E-state index contributed by atoms with van der Waals surface area (Å²) in [6.07, 6.45) is 2.36. The molecular formula is C14H12ClFN2O. The quantitative estimate of drug-likeness (QED) is 0.874. The van der Waals surface area contributed by atoms with E-state index >= 15 is 0 Å². The molecule has 1 heterocycles. The standard InChI is InChI=1S/C14H12ClFN2O/c15-13(10-4-2-1-3-5-10)9-18-14(19)11-6-12(16)8-17-7-11/h1-8,13H,9H2,(H,18,19). The highest BCUT2D eigenvalue weighted by Gasteiger charge is 2.11. The summed E-state index contributed by atoms with van der Waals surface area (Å²) in [7, 11) is 0. The van der Waals surface area contributed by atoms with Crippen molar-refractivity contribution in [1.82, 2.24) is 10.3 Å². The van der Waals surface area contributed by atoms with Crippen molar-refractivity contribution < 1.29 is 9.18 Å². The third kappa shape index (κ3) is 3.76. The van der Waals surface area contributed by atoms with Crippen LogP contribution < -0.4 is 5.32 Å². The molecule has 1 N–H and O–H groups in total. The molecule has 1 aromatic carbocycles. The fourth-order valence-electron chi connectivity index (χ4n) is 1.60. The van der Waals surface area contributed by atoms with Crippen molar-refractivity contribution in [2.24, 2.45) is 0 Å². The Morgan fingerprint density at radius 3 is 2.74 bits per heavy atom. The number of halogens is 2. The molecule has 1 aromatic heterocycles. The largest absolute Gasteiger partial charge is 0.350 e. The number of nitrogens with one attached hydrogen (secondary N) is 1. The Hall–Kier alpha value is -1.94. The van der Waals surface area contributed by atoms with Crippen molar-refractivity contribution in [2.75, 3.05) is 6.54 Å². The van der Waals surface area contributed by atoms with Gasteiger partial charge in [-0.15, -0.1) is 11.6 Å². The second-order valence-corrected chi connectivity index (χ2v) is 4.51. The maximum atomic E-state index is 12.9. The minimum Gasteiger partial charge on any atom is -0.350 e. The van der Waals surface area contributed by atoms with E-state index in [-0.39, 0.29) is 17.5 Å². The van der Waals surface area contributed by atoms with Gasteiger partial charge in [0.25, 0.3) is 5.91 Å². The number of alkyl halides is 1. The lowest BCUT2D eigenvalue weighted by Gasteiger charge is -2.11. The summed E-state index contributed by atoms with van der Waals surface area (Å²) in [6.45, 7) is 0.265. The molecule has 98 valence electrons. The average molecular weight is 279 g/mol. The molecule has 3 nitrogen and oxygen atoms in total. The van der Waals surface area contributed by atoms with Gasteiger partial charge >= 0.3 is 0 Å².